The Morgan fingerprint density at radius 2 is 2.24 bits per heavy atom. The van der Waals surface area contributed by atoms with Gasteiger partial charge in [-0.2, -0.15) is 10.1 Å². The van der Waals surface area contributed by atoms with Crippen LogP contribution in [0, 0.1) is 5.82 Å². The van der Waals surface area contributed by atoms with Crippen molar-refractivity contribution >= 4 is 45.5 Å². The number of aromatic nitrogens is 2. The molecule has 1 aliphatic heterocycles. The van der Waals surface area contributed by atoms with E-state index in [4.69, 9.17) is 16.3 Å². The Labute approximate surface area is 158 Å². The number of anilines is 2. The first kappa shape index (κ1) is 18.3. The molecule has 6 nitrogen and oxygen atoms in total. The van der Waals surface area contributed by atoms with E-state index >= 15 is 0 Å². The molecule has 0 saturated carbocycles. The van der Waals surface area contributed by atoms with Crippen molar-refractivity contribution in [2.45, 2.75) is 18.7 Å². The van der Waals surface area contributed by atoms with E-state index in [0.29, 0.717) is 26.3 Å². The molecule has 2 aliphatic rings. The number of hydrogen-bond donors (Lipinski definition) is 1. The summed E-state index contributed by atoms with van der Waals surface area (Å²) >= 11 is 9.76. The van der Waals surface area contributed by atoms with Crippen LogP contribution < -0.4 is 10.3 Å². The summed E-state index contributed by atoms with van der Waals surface area (Å²) in [7, 11) is 0. The molecule has 3 rings (SSSR count). The number of allylic oxidation sites excluding steroid dienone is 4. The number of hydrogen-bond acceptors (Lipinski definition) is 6. The normalized spacial score (nSPS) is 21.7. The Morgan fingerprint density at radius 1 is 1.48 bits per heavy atom. The van der Waals surface area contributed by atoms with E-state index in [1.807, 2.05) is 17.9 Å². The summed E-state index contributed by atoms with van der Waals surface area (Å²) in [6, 6.07) is 0. The Bertz CT molecular complexity index is 733. The third-order valence-electron chi connectivity index (χ3n) is 4.02. The number of nitrogens with one attached hydrogen (secondary N) is 1. The van der Waals surface area contributed by atoms with Gasteiger partial charge in [-0.25, -0.2) is 14.8 Å². The molecule has 0 aromatic carbocycles. The van der Waals surface area contributed by atoms with Gasteiger partial charge in [0.15, 0.2) is 11.6 Å². The van der Waals surface area contributed by atoms with Crippen LogP contribution in [0.5, 0.6) is 0 Å². The van der Waals surface area contributed by atoms with Gasteiger partial charge in [0.1, 0.15) is 0 Å². The second-order valence-corrected chi connectivity index (χ2v) is 7.28. The van der Waals surface area contributed by atoms with Gasteiger partial charge in [-0.1, -0.05) is 15.9 Å². The SMILES string of the molecule is CC1=C(/C=N/Nc2ncc(F)c(N3CCOCC3)n2)C=C(Br)CC1Cl. The van der Waals surface area contributed by atoms with Crippen LogP contribution in [0.25, 0.3) is 0 Å². The van der Waals surface area contributed by atoms with Crippen LogP contribution in [-0.2, 0) is 4.74 Å². The molecule has 134 valence electrons. The minimum absolute atomic E-state index is 0.0594. The summed E-state index contributed by atoms with van der Waals surface area (Å²) in [6.45, 7) is 4.27. The number of nitrogens with zero attached hydrogens (tertiary/aromatic N) is 4. The van der Waals surface area contributed by atoms with Crippen LogP contribution >= 0.6 is 27.5 Å². The zero-order valence-corrected chi connectivity index (χ0v) is 16.0. The molecule has 1 aromatic rings. The quantitative estimate of drug-likeness (QED) is 0.450. The Morgan fingerprint density at radius 3 is 3.00 bits per heavy atom. The van der Waals surface area contributed by atoms with Crippen molar-refractivity contribution in [3.05, 3.63) is 33.7 Å². The maximum Gasteiger partial charge on any atom is 0.245 e. The average Bonchev–Trinajstić information content (AvgIpc) is 2.61. The van der Waals surface area contributed by atoms with Crippen LogP contribution in [0.15, 0.2) is 33.0 Å². The molecule has 1 fully saturated rings. The van der Waals surface area contributed by atoms with E-state index in [9.17, 15) is 4.39 Å². The second kappa shape index (κ2) is 8.25. The van der Waals surface area contributed by atoms with Crippen molar-refractivity contribution < 1.29 is 9.13 Å². The van der Waals surface area contributed by atoms with E-state index in [-0.39, 0.29) is 17.1 Å². The highest BCUT2D eigenvalue weighted by Gasteiger charge is 2.18. The Hall–Kier alpha value is -1.51. The zero-order chi connectivity index (χ0) is 17.8. The Balaban J connectivity index is 1.72. The van der Waals surface area contributed by atoms with Gasteiger partial charge < -0.3 is 9.64 Å². The van der Waals surface area contributed by atoms with E-state index in [1.165, 1.54) is 0 Å². The molecule has 1 saturated heterocycles. The summed E-state index contributed by atoms with van der Waals surface area (Å²) < 4.78 is 20.3. The van der Waals surface area contributed by atoms with Crippen LogP contribution in [0.1, 0.15) is 13.3 Å². The van der Waals surface area contributed by atoms with Gasteiger partial charge in [-0.05, 0) is 35.0 Å². The zero-order valence-electron chi connectivity index (χ0n) is 13.7. The highest BCUT2D eigenvalue weighted by Crippen LogP contribution is 2.30. The highest BCUT2D eigenvalue weighted by atomic mass is 79.9. The topological polar surface area (TPSA) is 62.6 Å². The molecular weight excluding hydrogens is 413 g/mol. The lowest BCUT2D eigenvalue weighted by Crippen LogP contribution is -2.37. The number of morpholine rings is 1. The van der Waals surface area contributed by atoms with Crippen molar-refractivity contribution in [2.24, 2.45) is 5.10 Å². The largest absolute Gasteiger partial charge is 0.378 e. The molecule has 9 heteroatoms. The predicted molar refractivity (Wildman–Crippen MR) is 101 cm³/mol. The van der Waals surface area contributed by atoms with Crippen molar-refractivity contribution in [3.63, 3.8) is 0 Å². The summed E-state index contributed by atoms with van der Waals surface area (Å²) in [5, 5.41) is 4.09. The maximum absolute atomic E-state index is 14.0. The molecule has 0 radical (unpaired) electrons. The van der Waals surface area contributed by atoms with Gasteiger partial charge in [0.25, 0.3) is 0 Å². The number of halogens is 3. The third kappa shape index (κ3) is 4.56. The fraction of sp³-hybridized carbons (Fsp3) is 0.438. The second-order valence-electron chi connectivity index (χ2n) is 5.74. The van der Waals surface area contributed by atoms with E-state index in [2.05, 4.69) is 36.4 Å². The molecule has 1 unspecified atom stereocenters. The smallest absolute Gasteiger partial charge is 0.245 e. The first-order chi connectivity index (χ1) is 12.0. The lowest BCUT2D eigenvalue weighted by molar-refractivity contribution is 0.122. The van der Waals surface area contributed by atoms with Gasteiger partial charge in [0.2, 0.25) is 5.95 Å². The molecule has 0 amide bonds. The van der Waals surface area contributed by atoms with Gasteiger partial charge in [0.05, 0.1) is 31.0 Å². The molecule has 25 heavy (non-hydrogen) atoms. The fourth-order valence-electron chi connectivity index (χ4n) is 2.55. The lowest BCUT2D eigenvalue weighted by atomic mass is 9.99. The van der Waals surface area contributed by atoms with E-state index in [1.54, 1.807) is 6.21 Å². The summed E-state index contributed by atoms with van der Waals surface area (Å²) in [5.41, 5.74) is 4.71. The van der Waals surface area contributed by atoms with Gasteiger partial charge in [-0.15, -0.1) is 11.6 Å². The van der Waals surface area contributed by atoms with Gasteiger partial charge in [0, 0.05) is 13.1 Å². The predicted octanol–water partition coefficient (Wildman–Crippen LogP) is 3.46. The standard InChI is InChI=1S/C16H18BrClFN5O/c1-10-11(6-12(17)7-13(10)18)8-21-23-16-20-9-14(19)15(22-16)24-2-4-25-5-3-24/h6,8-9,13H,2-5,7H2,1H3,(H,20,22,23)/b21-8+. The molecule has 1 N–H and O–H groups in total. The van der Waals surface area contributed by atoms with Crippen LogP contribution in [0.2, 0.25) is 0 Å². The molecule has 1 atom stereocenters. The van der Waals surface area contributed by atoms with Crippen molar-refractivity contribution in [2.75, 3.05) is 36.6 Å². The van der Waals surface area contributed by atoms with Crippen molar-refractivity contribution in [1.82, 2.24) is 9.97 Å². The van der Waals surface area contributed by atoms with E-state index in [0.717, 1.165) is 28.2 Å². The highest BCUT2D eigenvalue weighted by molar-refractivity contribution is 9.11. The van der Waals surface area contributed by atoms with Crippen molar-refractivity contribution in [1.29, 1.82) is 0 Å². The first-order valence-corrected chi connectivity index (χ1v) is 9.13. The number of alkyl halides is 1. The monoisotopic (exact) mass is 429 g/mol. The van der Waals surface area contributed by atoms with Gasteiger partial charge in [-0.3, -0.25) is 0 Å². The van der Waals surface area contributed by atoms with Gasteiger partial charge >= 0.3 is 0 Å². The molecule has 0 spiro atoms. The molecule has 2 heterocycles. The fourth-order valence-corrected chi connectivity index (χ4v) is 3.60. The Kier molecular flexibility index (Phi) is 6.03. The van der Waals surface area contributed by atoms with Crippen LogP contribution in [0.3, 0.4) is 0 Å². The maximum atomic E-state index is 14.0. The van der Waals surface area contributed by atoms with Crippen LogP contribution in [0.4, 0.5) is 16.2 Å². The number of hydrazone groups is 1. The molecular formula is C16H18BrClFN5O. The molecule has 0 bridgehead atoms. The van der Waals surface area contributed by atoms with Crippen LogP contribution in [-0.4, -0.2) is 47.9 Å². The minimum Gasteiger partial charge on any atom is -0.378 e. The first-order valence-electron chi connectivity index (χ1n) is 7.90. The summed E-state index contributed by atoms with van der Waals surface area (Å²) in [4.78, 5) is 9.98. The van der Waals surface area contributed by atoms with Crippen molar-refractivity contribution in [3.8, 4) is 0 Å². The molecule has 1 aromatic heterocycles. The average molecular weight is 431 g/mol. The minimum atomic E-state index is -0.459. The van der Waals surface area contributed by atoms with E-state index < -0.39 is 5.82 Å². The number of ether oxygens (including phenoxy) is 1. The third-order valence-corrected chi connectivity index (χ3v) is 5.05. The summed E-state index contributed by atoms with van der Waals surface area (Å²) in [6.07, 6.45) is 5.55. The number of rotatable bonds is 4. The lowest BCUT2D eigenvalue weighted by Gasteiger charge is -2.27. The summed E-state index contributed by atoms with van der Waals surface area (Å²) in [5.74, 6) is 0.0327. The molecule has 1 aliphatic carbocycles.